The highest BCUT2D eigenvalue weighted by atomic mass is 31.2. The molecular formula is C79H142O17P2. The zero-order chi connectivity index (χ0) is 71.8. The molecule has 0 saturated carbocycles. The fourth-order valence-electron chi connectivity index (χ4n) is 10.7. The predicted molar refractivity (Wildman–Crippen MR) is 400 cm³/mol. The number of phosphoric acid groups is 2. The Bertz CT molecular complexity index is 2140. The number of allylic oxidation sites excluding steroid dienone is 12. The van der Waals surface area contributed by atoms with Crippen molar-refractivity contribution in [3.05, 3.63) is 72.9 Å². The van der Waals surface area contributed by atoms with E-state index in [1.807, 2.05) is 0 Å². The van der Waals surface area contributed by atoms with Gasteiger partial charge in [-0.2, -0.15) is 0 Å². The van der Waals surface area contributed by atoms with Crippen LogP contribution in [0.4, 0.5) is 0 Å². The van der Waals surface area contributed by atoms with E-state index in [9.17, 15) is 43.2 Å². The van der Waals surface area contributed by atoms with E-state index in [-0.39, 0.29) is 25.7 Å². The second-order valence-corrected chi connectivity index (χ2v) is 29.2. The van der Waals surface area contributed by atoms with Gasteiger partial charge >= 0.3 is 39.5 Å². The van der Waals surface area contributed by atoms with Crippen LogP contribution in [0.1, 0.15) is 349 Å². The molecule has 3 N–H and O–H groups in total. The Kier molecular flexibility index (Phi) is 69.3. The molecule has 0 rings (SSSR count). The fourth-order valence-corrected chi connectivity index (χ4v) is 12.3. The molecule has 0 aromatic rings. The molecule has 5 unspecified atom stereocenters. The molecule has 0 fully saturated rings. The van der Waals surface area contributed by atoms with Gasteiger partial charge in [-0.25, -0.2) is 9.13 Å². The first-order chi connectivity index (χ1) is 47.7. The van der Waals surface area contributed by atoms with Crippen molar-refractivity contribution in [1.29, 1.82) is 0 Å². The van der Waals surface area contributed by atoms with Gasteiger partial charge in [0.1, 0.15) is 19.3 Å². The molecule has 0 bridgehead atoms. The van der Waals surface area contributed by atoms with Gasteiger partial charge in [-0.3, -0.25) is 37.3 Å². The van der Waals surface area contributed by atoms with Crippen molar-refractivity contribution < 1.29 is 80.2 Å². The lowest BCUT2D eigenvalue weighted by atomic mass is 10.0. The Hall–Kier alpha value is -3.50. The van der Waals surface area contributed by atoms with Gasteiger partial charge in [-0.1, -0.05) is 287 Å². The average molecular weight is 1430 g/mol. The molecule has 0 amide bonds. The Morgan fingerprint density at radius 2 is 0.551 bits per heavy atom. The van der Waals surface area contributed by atoms with Crippen molar-refractivity contribution >= 4 is 39.5 Å². The number of carbonyl (C=O) groups is 4. The summed E-state index contributed by atoms with van der Waals surface area (Å²) in [5.74, 6) is -2.18. The highest BCUT2D eigenvalue weighted by Gasteiger charge is 2.30. The molecular weight excluding hydrogens is 1280 g/mol. The molecule has 0 radical (unpaired) electrons. The Morgan fingerprint density at radius 3 is 0.878 bits per heavy atom. The van der Waals surface area contributed by atoms with Gasteiger partial charge < -0.3 is 33.8 Å². The minimum absolute atomic E-state index is 0.0847. The summed E-state index contributed by atoms with van der Waals surface area (Å²) in [6, 6.07) is 0. The Balaban J connectivity index is 5.33. The molecule has 5 atom stereocenters. The van der Waals surface area contributed by atoms with E-state index in [1.54, 1.807) is 0 Å². The van der Waals surface area contributed by atoms with Gasteiger partial charge in [0.05, 0.1) is 26.4 Å². The third-order valence-corrected chi connectivity index (χ3v) is 18.5. The molecule has 0 aliphatic rings. The molecule has 570 valence electrons. The number of esters is 4. The van der Waals surface area contributed by atoms with E-state index in [0.29, 0.717) is 25.7 Å². The van der Waals surface area contributed by atoms with Crippen LogP contribution >= 0.6 is 15.6 Å². The number of rotatable bonds is 74. The number of phosphoric ester groups is 2. The maximum absolute atomic E-state index is 13.1. The lowest BCUT2D eigenvalue weighted by molar-refractivity contribution is -0.161. The second-order valence-electron chi connectivity index (χ2n) is 26.3. The highest BCUT2D eigenvalue weighted by molar-refractivity contribution is 7.47. The van der Waals surface area contributed by atoms with Crippen LogP contribution < -0.4 is 0 Å². The molecule has 19 heteroatoms. The van der Waals surface area contributed by atoms with Crippen LogP contribution in [0.3, 0.4) is 0 Å². The predicted octanol–water partition coefficient (Wildman–Crippen LogP) is 22.4. The number of carbonyl (C=O) groups excluding carboxylic acids is 4. The van der Waals surface area contributed by atoms with Crippen LogP contribution in [-0.4, -0.2) is 96.7 Å². The lowest BCUT2D eigenvalue weighted by Crippen LogP contribution is -2.30. The summed E-state index contributed by atoms with van der Waals surface area (Å²) in [6.45, 7) is 4.71. The topological polar surface area (TPSA) is 237 Å². The zero-order valence-electron chi connectivity index (χ0n) is 62.2. The van der Waals surface area contributed by atoms with Crippen molar-refractivity contribution in [2.45, 2.75) is 367 Å². The van der Waals surface area contributed by atoms with Gasteiger partial charge in [0, 0.05) is 25.7 Å². The van der Waals surface area contributed by atoms with Gasteiger partial charge in [0.25, 0.3) is 0 Å². The largest absolute Gasteiger partial charge is 0.472 e. The summed E-state index contributed by atoms with van der Waals surface area (Å²) in [7, 11) is -9.94. The standard InChI is InChI=1S/C79H142O17P2/c1-5-9-13-17-21-25-29-33-35-36-38-41-44-48-52-56-60-64-77(82)90-70-75(96-79(84)66-62-58-54-50-46-42-37-34-30-26-22-18-14-10-6-2)72-94-98(87,88)92-68-73(80)67-91-97(85,86)93-71-74(95-78(83)65-61-57-53-49-45-40-32-28-24-20-16-12-8-4)69-89-76(81)63-59-55-51-47-43-39-31-27-23-19-15-11-7-3/h9,13,15,19,21,25,27-28,31-33,35,73-75,80H,5-8,10-12,14,16-18,20,22-24,26,29-30,34,36-72H2,1-4H3,(H,85,86)(H,87,88)/b13-9-,19-15-,25-21-,31-27-,32-28-,35-33-. The van der Waals surface area contributed by atoms with Crippen molar-refractivity contribution in [2.75, 3.05) is 39.6 Å². The van der Waals surface area contributed by atoms with Crippen LogP contribution in [-0.2, 0) is 65.4 Å². The summed E-state index contributed by atoms with van der Waals surface area (Å²) in [6.07, 6.45) is 71.7. The molecule has 0 saturated heterocycles. The zero-order valence-corrected chi connectivity index (χ0v) is 64.0. The van der Waals surface area contributed by atoms with Crippen LogP contribution in [0.5, 0.6) is 0 Å². The van der Waals surface area contributed by atoms with E-state index < -0.39 is 97.5 Å². The molecule has 0 aliphatic carbocycles. The molecule has 0 heterocycles. The summed E-state index contributed by atoms with van der Waals surface area (Å²) >= 11 is 0. The molecule has 0 spiro atoms. The summed E-state index contributed by atoms with van der Waals surface area (Å²) in [5, 5.41) is 10.6. The summed E-state index contributed by atoms with van der Waals surface area (Å²) in [5.41, 5.74) is 0. The first kappa shape index (κ1) is 94.5. The lowest BCUT2D eigenvalue weighted by Gasteiger charge is -2.21. The Morgan fingerprint density at radius 1 is 0.296 bits per heavy atom. The fraction of sp³-hybridized carbons (Fsp3) is 0.797. The number of ether oxygens (including phenoxy) is 4. The van der Waals surface area contributed by atoms with Crippen molar-refractivity contribution in [3.63, 3.8) is 0 Å². The second kappa shape index (κ2) is 71.9. The number of hydrogen-bond donors (Lipinski definition) is 3. The van der Waals surface area contributed by atoms with Gasteiger partial charge in [0.2, 0.25) is 0 Å². The maximum Gasteiger partial charge on any atom is 0.472 e. The number of hydrogen-bond acceptors (Lipinski definition) is 15. The first-order valence-corrected chi connectivity index (χ1v) is 42.2. The highest BCUT2D eigenvalue weighted by Crippen LogP contribution is 2.45. The van der Waals surface area contributed by atoms with Crippen molar-refractivity contribution in [2.24, 2.45) is 0 Å². The van der Waals surface area contributed by atoms with E-state index in [4.69, 9.17) is 37.0 Å². The molecule has 0 aliphatic heterocycles. The monoisotopic (exact) mass is 1420 g/mol. The van der Waals surface area contributed by atoms with E-state index >= 15 is 0 Å². The van der Waals surface area contributed by atoms with Crippen molar-refractivity contribution in [1.82, 2.24) is 0 Å². The Labute approximate surface area is 596 Å². The third kappa shape index (κ3) is 70.9. The number of aliphatic hydroxyl groups excluding tert-OH is 1. The van der Waals surface area contributed by atoms with Crippen LogP contribution in [0, 0.1) is 0 Å². The number of unbranched alkanes of at least 4 members (excludes halogenated alkanes) is 36. The maximum atomic E-state index is 13.1. The first-order valence-electron chi connectivity index (χ1n) is 39.2. The van der Waals surface area contributed by atoms with Crippen LogP contribution in [0.15, 0.2) is 72.9 Å². The minimum atomic E-state index is -4.97. The van der Waals surface area contributed by atoms with E-state index in [1.165, 1.54) is 89.9 Å². The number of aliphatic hydroxyl groups is 1. The third-order valence-electron chi connectivity index (χ3n) is 16.6. The molecule has 0 aromatic heterocycles. The normalized spacial score (nSPS) is 14.3. The summed E-state index contributed by atoms with van der Waals surface area (Å²) < 4.78 is 68.5. The van der Waals surface area contributed by atoms with Crippen LogP contribution in [0.2, 0.25) is 0 Å². The quantitative estimate of drug-likeness (QED) is 0.0169. The van der Waals surface area contributed by atoms with E-state index in [2.05, 4.69) is 101 Å². The van der Waals surface area contributed by atoms with Gasteiger partial charge in [-0.05, 0) is 109 Å². The van der Waals surface area contributed by atoms with Crippen molar-refractivity contribution in [3.8, 4) is 0 Å². The SMILES string of the molecule is CC/C=C\C/C=C\C/C=C\CCCCCCCCCC(=O)OCC(COP(=O)(O)OCC(O)COP(=O)(O)OCC(COC(=O)CCCCCCC/C=C\C/C=C\CCC)OC(=O)CCCCCCC/C=C\CCCCCC)OC(=O)CCCCCCCCCCCCCCCCC. The molecule has 98 heavy (non-hydrogen) atoms. The average Bonchev–Trinajstić information content (AvgIpc) is 1.05. The molecule has 17 nitrogen and oxygen atoms in total. The smallest absolute Gasteiger partial charge is 0.462 e. The minimum Gasteiger partial charge on any atom is -0.462 e. The summed E-state index contributed by atoms with van der Waals surface area (Å²) in [4.78, 5) is 72.9. The van der Waals surface area contributed by atoms with Crippen LogP contribution in [0.25, 0.3) is 0 Å². The van der Waals surface area contributed by atoms with E-state index in [0.717, 1.165) is 180 Å². The van der Waals surface area contributed by atoms with Gasteiger partial charge in [0.15, 0.2) is 12.2 Å². The molecule has 0 aromatic carbocycles. The van der Waals surface area contributed by atoms with Gasteiger partial charge in [-0.15, -0.1) is 0 Å².